The van der Waals surface area contributed by atoms with Gasteiger partial charge in [-0.25, -0.2) is 10.8 Å². The standard InChI is InChI=1S/C9H14N6O3/c10-13-9-11-3-7(15(17)18)8(12-9)14-2-1-6(4-14)5-16/h3,6,16H,1-2,4-5,10H2,(H,11,12,13). The minimum Gasteiger partial charge on any atom is -0.396 e. The summed E-state index contributed by atoms with van der Waals surface area (Å²) in [5.41, 5.74) is 2.10. The largest absolute Gasteiger partial charge is 0.396 e. The van der Waals surface area contributed by atoms with Crippen molar-refractivity contribution in [3.05, 3.63) is 16.3 Å². The highest BCUT2D eigenvalue weighted by Crippen LogP contribution is 2.30. The van der Waals surface area contributed by atoms with Gasteiger partial charge in [-0.2, -0.15) is 4.98 Å². The Kier molecular flexibility index (Phi) is 3.53. The molecule has 2 heterocycles. The highest BCUT2D eigenvalue weighted by Gasteiger charge is 2.29. The van der Waals surface area contributed by atoms with Gasteiger partial charge in [0, 0.05) is 25.6 Å². The normalized spacial score (nSPS) is 19.0. The van der Waals surface area contributed by atoms with E-state index in [2.05, 4.69) is 15.4 Å². The van der Waals surface area contributed by atoms with Gasteiger partial charge in [0.25, 0.3) is 0 Å². The van der Waals surface area contributed by atoms with Crippen molar-refractivity contribution >= 4 is 17.5 Å². The number of hydrazine groups is 1. The number of nitrogens with two attached hydrogens (primary N) is 1. The Bertz CT molecular complexity index is 454. The molecule has 1 fully saturated rings. The van der Waals surface area contributed by atoms with Crippen molar-refractivity contribution in [1.29, 1.82) is 0 Å². The predicted octanol–water partition coefficient (Wildman–Crippen LogP) is -0.511. The average Bonchev–Trinajstić information content (AvgIpc) is 2.86. The third-order valence-corrected chi connectivity index (χ3v) is 2.92. The Morgan fingerprint density at radius 2 is 2.50 bits per heavy atom. The van der Waals surface area contributed by atoms with Crippen LogP contribution in [-0.2, 0) is 0 Å². The fourth-order valence-corrected chi connectivity index (χ4v) is 1.97. The second kappa shape index (κ2) is 5.10. The Morgan fingerprint density at radius 1 is 1.72 bits per heavy atom. The molecule has 0 spiro atoms. The summed E-state index contributed by atoms with van der Waals surface area (Å²) < 4.78 is 0. The molecule has 1 saturated heterocycles. The van der Waals surface area contributed by atoms with Crippen molar-refractivity contribution in [3.63, 3.8) is 0 Å². The molecule has 0 aromatic carbocycles. The lowest BCUT2D eigenvalue weighted by Crippen LogP contribution is -2.24. The van der Waals surface area contributed by atoms with Gasteiger partial charge in [-0.15, -0.1) is 0 Å². The van der Waals surface area contributed by atoms with Crippen molar-refractivity contribution in [3.8, 4) is 0 Å². The number of aliphatic hydroxyl groups excluding tert-OH is 1. The number of aromatic nitrogens is 2. The maximum atomic E-state index is 10.9. The Labute approximate surface area is 103 Å². The summed E-state index contributed by atoms with van der Waals surface area (Å²) in [4.78, 5) is 19.9. The van der Waals surface area contributed by atoms with Crippen LogP contribution in [0.2, 0.25) is 0 Å². The number of nitrogens with zero attached hydrogens (tertiary/aromatic N) is 4. The van der Waals surface area contributed by atoms with Crippen LogP contribution in [0.5, 0.6) is 0 Å². The van der Waals surface area contributed by atoms with Gasteiger partial charge in [-0.05, 0) is 6.42 Å². The van der Waals surface area contributed by atoms with E-state index in [1.54, 1.807) is 4.90 Å². The number of anilines is 2. The van der Waals surface area contributed by atoms with Crippen LogP contribution in [0.1, 0.15) is 6.42 Å². The van der Waals surface area contributed by atoms with Gasteiger partial charge >= 0.3 is 5.69 Å². The summed E-state index contributed by atoms with van der Waals surface area (Å²) in [7, 11) is 0. The van der Waals surface area contributed by atoms with Crippen LogP contribution in [0.3, 0.4) is 0 Å². The van der Waals surface area contributed by atoms with Crippen molar-refractivity contribution < 1.29 is 10.0 Å². The molecule has 9 heteroatoms. The van der Waals surface area contributed by atoms with Crippen LogP contribution in [0, 0.1) is 16.0 Å². The first-order valence-corrected chi connectivity index (χ1v) is 5.49. The number of rotatable bonds is 4. The summed E-state index contributed by atoms with van der Waals surface area (Å²) in [6, 6.07) is 0. The third-order valence-electron chi connectivity index (χ3n) is 2.92. The number of hydrogen-bond acceptors (Lipinski definition) is 8. The van der Waals surface area contributed by atoms with E-state index in [0.717, 1.165) is 12.6 Å². The molecule has 0 saturated carbocycles. The van der Waals surface area contributed by atoms with Crippen LogP contribution >= 0.6 is 0 Å². The Morgan fingerprint density at radius 3 is 3.06 bits per heavy atom. The smallest absolute Gasteiger partial charge is 0.329 e. The summed E-state index contributed by atoms with van der Waals surface area (Å²) >= 11 is 0. The monoisotopic (exact) mass is 254 g/mol. The first-order valence-electron chi connectivity index (χ1n) is 5.49. The number of nitro groups is 1. The molecule has 1 unspecified atom stereocenters. The Balaban J connectivity index is 2.32. The van der Waals surface area contributed by atoms with E-state index in [-0.39, 0.29) is 30.0 Å². The van der Waals surface area contributed by atoms with E-state index < -0.39 is 4.92 Å². The van der Waals surface area contributed by atoms with E-state index in [9.17, 15) is 10.1 Å². The fourth-order valence-electron chi connectivity index (χ4n) is 1.97. The molecule has 1 aromatic heterocycles. The van der Waals surface area contributed by atoms with Crippen LogP contribution in [-0.4, -0.2) is 39.7 Å². The van der Waals surface area contributed by atoms with Gasteiger partial charge in [0.05, 0.1) is 4.92 Å². The van der Waals surface area contributed by atoms with E-state index in [4.69, 9.17) is 10.9 Å². The minimum atomic E-state index is -0.526. The minimum absolute atomic E-state index is 0.0668. The van der Waals surface area contributed by atoms with E-state index >= 15 is 0 Å². The van der Waals surface area contributed by atoms with E-state index in [0.29, 0.717) is 13.1 Å². The highest BCUT2D eigenvalue weighted by atomic mass is 16.6. The zero-order valence-electron chi connectivity index (χ0n) is 9.61. The molecule has 0 amide bonds. The van der Waals surface area contributed by atoms with Crippen LogP contribution in [0.4, 0.5) is 17.5 Å². The van der Waals surface area contributed by atoms with Gasteiger partial charge in [0.2, 0.25) is 11.8 Å². The maximum Gasteiger partial charge on any atom is 0.329 e. The van der Waals surface area contributed by atoms with Crippen molar-refractivity contribution in [2.24, 2.45) is 11.8 Å². The molecule has 4 N–H and O–H groups in total. The molecule has 1 aromatic rings. The van der Waals surface area contributed by atoms with Crippen molar-refractivity contribution in [1.82, 2.24) is 9.97 Å². The molecule has 1 aliphatic rings. The lowest BCUT2D eigenvalue weighted by atomic mass is 10.1. The van der Waals surface area contributed by atoms with Gasteiger partial charge < -0.3 is 10.0 Å². The highest BCUT2D eigenvalue weighted by molar-refractivity contribution is 5.59. The first kappa shape index (κ1) is 12.5. The molecule has 0 radical (unpaired) electrons. The van der Waals surface area contributed by atoms with Crippen molar-refractivity contribution in [2.75, 3.05) is 30.0 Å². The molecule has 98 valence electrons. The molecular weight excluding hydrogens is 240 g/mol. The molecule has 18 heavy (non-hydrogen) atoms. The average molecular weight is 254 g/mol. The maximum absolute atomic E-state index is 10.9. The Hall–Kier alpha value is -2.00. The lowest BCUT2D eigenvalue weighted by molar-refractivity contribution is -0.384. The second-order valence-electron chi connectivity index (χ2n) is 4.09. The lowest BCUT2D eigenvalue weighted by Gasteiger charge is -2.17. The summed E-state index contributed by atoms with van der Waals surface area (Å²) in [5.74, 6) is 5.68. The first-order chi connectivity index (χ1) is 8.65. The van der Waals surface area contributed by atoms with Gasteiger partial charge in [-0.3, -0.25) is 15.5 Å². The molecule has 9 nitrogen and oxygen atoms in total. The van der Waals surface area contributed by atoms with E-state index in [1.807, 2.05) is 0 Å². The zero-order chi connectivity index (χ0) is 13.1. The topological polar surface area (TPSA) is 130 Å². The molecule has 1 aliphatic heterocycles. The molecular formula is C9H14N6O3. The van der Waals surface area contributed by atoms with E-state index in [1.165, 1.54) is 0 Å². The molecule has 2 rings (SSSR count). The van der Waals surface area contributed by atoms with Crippen LogP contribution in [0.15, 0.2) is 6.20 Å². The number of aliphatic hydroxyl groups is 1. The predicted molar refractivity (Wildman–Crippen MR) is 63.9 cm³/mol. The fraction of sp³-hybridized carbons (Fsp3) is 0.556. The van der Waals surface area contributed by atoms with Gasteiger partial charge in [-0.1, -0.05) is 0 Å². The van der Waals surface area contributed by atoms with Gasteiger partial charge in [0.15, 0.2) is 0 Å². The third kappa shape index (κ3) is 2.31. The quantitative estimate of drug-likeness (QED) is 0.372. The van der Waals surface area contributed by atoms with Crippen molar-refractivity contribution in [2.45, 2.75) is 6.42 Å². The zero-order valence-corrected chi connectivity index (χ0v) is 9.61. The summed E-state index contributed by atoms with van der Waals surface area (Å²) in [5, 5.41) is 20.0. The number of nitrogens with one attached hydrogen (secondary N) is 1. The van der Waals surface area contributed by atoms with Crippen LogP contribution in [0.25, 0.3) is 0 Å². The molecule has 0 aliphatic carbocycles. The number of nitrogen functional groups attached to an aromatic ring is 1. The summed E-state index contributed by atoms with van der Waals surface area (Å²) in [6.07, 6.45) is 1.91. The number of hydrogen-bond donors (Lipinski definition) is 3. The molecule has 0 bridgehead atoms. The van der Waals surface area contributed by atoms with Crippen LogP contribution < -0.4 is 16.2 Å². The van der Waals surface area contributed by atoms with Gasteiger partial charge in [0.1, 0.15) is 6.20 Å². The second-order valence-corrected chi connectivity index (χ2v) is 4.09. The summed E-state index contributed by atoms with van der Waals surface area (Å²) in [6.45, 7) is 1.23. The molecule has 1 atom stereocenters. The SMILES string of the molecule is NNc1ncc([N+](=O)[O-])c(N2CCC(CO)C2)n1.